The van der Waals surface area contributed by atoms with Crippen LogP contribution >= 0.6 is 0 Å². The number of fused-ring (bicyclic) bond motifs is 3. The standard InChI is InChI=1S/C56H52/c1-4-16-40(17-5-1)45-36-46(41-18-6-2-7-19-41)38-47(37-45)56-53-26-14-12-24-51(53)55(52-25-13-15-27-54(52)56)44-32-29-39(30-33-44)28-31-43-34-35-49(42-20-8-3-9-21-42)50-23-11-10-22-48(43)50/h1,3-6,8,10-16,18-20,22-29,31-32,34-36,38,40,45,48,50-51,53H,2,7,9,17,21,30,33,37H2. The third-order valence-corrected chi connectivity index (χ3v) is 13.5. The fraction of sp³-hybridized carbons (Fsp3) is 0.250. The topological polar surface area (TPSA) is 0 Å². The van der Waals surface area contributed by atoms with Crippen LogP contribution in [0.2, 0.25) is 0 Å². The average molecular weight is 725 g/mol. The highest BCUT2D eigenvalue weighted by Crippen LogP contribution is 2.47. The molecule has 0 amide bonds. The van der Waals surface area contributed by atoms with E-state index in [0.29, 0.717) is 35.5 Å². The molecule has 0 bridgehead atoms. The second-order valence-electron chi connectivity index (χ2n) is 16.7. The summed E-state index contributed by atoms with van der Waals surface area (Å²) in [5, 5.41) is 2.86. The van der Waals surface area contributed by atoms with Crippen molar-refractivity contribution in [3.05, 3.63) is 237 Å². The minimum Gasteiger partial charge on any atom is -0.0842 e. The fourth-order valence-electron chi connectivity index (χ4n) is 10.7. The van der Waals surface area contributed by atoms with Crippen LogP contribution in [0.4, 0.5) is 0 Å². The zero-order valence-electron chi connectivity index (χ0n) is 32.4. The summed E-state index contributed by atoms with van der Waals surface area (Å²) in [6.07, 6.45) is 70.6. The third-order valence-electron chi connectivity index (χ3n) is 13.5. The predicted molar refractivity (Wildman–Crippen MR) is 237 cm³/mol. The Morgan fingerprint density at radius 1 is 0.518 bits per heavy atom. The van der Waals surface area contributed by atoms with Gasteiger partial charge in [0.2, 0.25) is 0 Å². The molecule has 0 aromatic heterocycles. The van der Waals surface area contributed by atoms with E-state index in [2.05, 4.69) is 182 Å². The lowest BCUT2D eigenvalue weighted by Crippen LogP contribution is -2.41. The Morgan fingerprint density at radius 3 is 2.02 bits per heavy atom. The van der Waals surface area contributed by atoms with E-state index >= 15 is 0 Å². The molecule has 9 aliphatic rings. The van der Waals surface area contributed by atoms with Crippen molar-refractivity contribution in [3.8, 4) is 0 Å². The first-order chi connectivity index (χ1) is 27.8. The molecule has 0 radical (unpaired) electrons. The third kappa shape index (κ3) is 6.74. The van der Waals surface area contributed by atoms with E-state index in [1.165, 1.54) is 66.2 Å². The van der Waals surface area contributed by atoms with Crippen molar-refractivity contribution >= 4 is 11.1 Å². The molecule has 56 heavy (non-hydrogen) atoms. The van der Waals surface area contributed by atoms with Gasteiger partial charge in [0.25, 0.3) is 0 Å². The normalized spacial score (nSPS) is 30.1. The summed E-state index contributed by atoms with van der Waals surface area (Å²) in [6, 6.07) is 9.34. The van der Waals surface area contributed by atoms with Crippen molar-refractivity contribution in [2.75, 3.05) is 0 Å². The van der Waals surface area contributed by atoms with E-state index in [4.69, 9.17) is 0 Å². The van der Waals surface area contributed by atoms with Crippen molar-refractivity contribution in [2.45, 2.75) is 51.4 Å². The molecule has 1 aromatic carbocycles. The van der Waals surface area contributed by atoms with Crippen LogP contribution in [0.15, 0.2) is 227 Å². The summed E-state index contributed by atoms with van der Waals surface area (Å²) in [7, 11) is 0. The molecule has 0 spiro atoms. The summed E-state index contributed by atoms with van der Waals surface area (Å²) in [6.45, 7) is 0. The highest BCUT2D eigenvalue weighted by atomic mass is 14.4. The van der Waals surface area contributed by atoms with Gasteiger partial charge in [-0.15, -0.1) is 0 Å². The fourth-order valence-corrected chi connectivity index (χ4v) is 10.7. The monoisotopic (exact) mass is 724 g/mol. The van der Waals surface area contributed by atoms with Gasteiger partial charge in [-0.3, -0.25) is 0 Å². The summed E-state index contributed by atoms with van der Waals surface area (Å²) in [5.74, 6) is 2.48. The number of hydrogen-bond acceptors (Lipinski definition) is 0. The molecule has 10 rings (SSSR count). The van der Waals surface area contributed by atoms with Gasteiger partial charge in [0, 0.05) is 23.7 Å². The highest BCUT2D eigenvalue weighted by Gasteiger charge is 2.36. The molecule has 6 unspecified atom stereocenters. The van der Waals surface area contributed by atoms with Crippen molar-refractivity contribution < 1.29 is 0 Å². The Kier molecular flexibility index (Phi) is 9.74. The van der Waals surface area contributed by atoms with E-state index in [9.17, 15) is 0 Å². The van der Waals surface area contributed by atoms with Gasteiger partial charge in [-0.2, -0.15) is 0 Å². The Balaban J connectivity index is 1.01. The smallest absolute Gasteiger partial charge is 0.0134 e. The van der Waals surface area contributed by atoms with Crippen LogP contribution in [0, 0.1) is 35.5 Å². The average Bonchev–Trinajstić information content (AvgIpc) is 3.28. The van der Waals surface area contributed by atoms with E-state index in [1.54, 1.807) is 0 Å². The van der Waals surface area contributed by atoms with Crippen LogP contribution in [0.1, 0.15) is 51.4 Å². The summed E-state index contributed by atoms with van der Waals surface area (Å²) in [4.78, 5) is 0. The predicted octanol–water partition coefficient (Wildman–Crippen LogP) is 12.3. The zero-order chi connectivity index (χ0) is 37.3. The van der Waals surface area contributed by atoms with Gasteiger partial charge in [-0.05, 0) is 129 Å². The maximum Gasteiger partial charge on any atom is 0.0134 e. The zero-order valence-corrected chi connectivity index (χ0v) is 32.4. The van der Waals surface area contributed by atoms with E-state index < -0.39 is 0 Å². The second kappa shape index (κ2) is 15.6. The van der Waals surface area contributed by atoms with Crippen molar-refractivity contribution in [1.29, 1.82) is 0 Å². The quantitative estimate of drug-likeness (QED) is 0.263. The number of allylic oxidation sites excluding steroid dienone is 34. The lowest BCUT2D eigenvalue weighted by atomic mass is 9.66. The molecule has 0 N–H and O–H groups in total. The molecule has 0 aliphatic heterocycles. The van der Waals surface area contributed by atoms with Gasteiger partial charge in [-0.1, -0.05) is 182 Å². The lowest BCUT2D eigenvalue weighted by Gasteiger charge is -2.37. The molecule has 6 atom stereocenters. The Bertz CT molecular complexity index is 2480. The molecular formula is C56H52. The Hall–Kier alpha value is -5.46. The minimum atomic E-state index is 0.321. The first-order valence-electron chi connectivity index (χ1n) is 21.3. The van der Waals surface area contributed by atoms with Crippen molar-refractivity contribution in [1.82, 2.24) is 0 Å². The highest BCUT2D eigenvalue weighted by molar-refractivity contribution is 5.81. The second-order valence-corrected chi connectivity index (χ2v) is 16.7. The molecule has 1 aromatic rings. The summed E-state index contributed by atoms with van der Waals surface area (Å²) < 4.78 is 0. The molecular weight excluding hydrogens is 673 g/mol. The van der Waals surface area contributed by atoms with Gasteiger partial charge in [0.1, 0.15) is 0 Å². The van der Waals surface area contributed by atoms with Crippen LogP contribution in [-0.4, -0.2) is 0 Å². The largest absolute Gasteiger partial charge is 0.0842 e. The Labute approximate surface area is 334 Å². The molecule has 0 saturated carbocycles. The van der Waals surface area contributed by atoms with Gasteiger partial charge in [0.05, 0.1) is 0 Å². The molecule has 0 heterocycles. The van der Waals surface area contributed by atoms with Gasteiger partial charge < -0.3 is 0 Å². The molecule has 0 saturated heterocycles. The summed E-state index contributed by atoms with van der Waals surface area (Å²) in [5.41, 5.74) is 14.7. The maximum absolute atomic E-state index is 2.60. The number of rotatable bonds is 7. The molecule has 0 nitrogen and oxygen atoms in total. The van der Waals surface area contributed by atoms with E-state index in [-0.39, 0.29) is 0 Å². The van der Waals surface area contributed by atoms with E-state index in [1.807, 2.05) is 0 Å². The molecule has 276 valence electrons. The van der Waals surface area contributed by atoms with E-state index in [0.717, 1.165) is 51.4 Å². The van der Waals surface area contributed by atoms with Crippen LogP contribution < -0.4 is 10.4 Å². The first kappa shape index (κ1) is 35.0. The maximum atomic E-state index is 2.60. The van der Waals surface area contributed by atoms with Crippen LogP contribution in [0.5, 0.6) is 0 Å². The van der Waals surface area contributed by atoms with Gasteiger partial charge in [0.15, 0.2) is 0 Å². The SMILES string of the molecule is C1=CCCC(C2=CC=C(C=CC3=CC=C(C4=c5ccccc5=C(C5=CC(C6=CCCC=C6)=CC(C6C=CC=CC6)C5)C5C=CC=CC45)CC3)C3C=CC=CC23)=C1. The van der Waals surface area contributed by atoms with Gasteiger partial charge >= 0.3 is 0 Å². The lowest BCUT2D eigenvalue weighted by molar-refractivity contribution is 0.468. The van der Waals surface area contributed by atoms with Crippen molar-refractivity contribution in [3.63, 3.8) is 0 Å². The number of hydrogen-bond donors (Lipinski definition) is 0. The van der Waals surface area contributed by atoms with Crippen molar-refractivity contribution in [2.24, 2.45) is 35.5 Å². The van der Waals surface area contributed by atoms with Crippen LogP contribution in [-0.2, 0) is 0 Å². The minimum absolute atomic E-state index is 0.321. The number of benzene rings is 1. The molecule has 9 aliphatic carbocycles. The summed E-state index contributed by atoms with van der Waals surface area (Å²) >= 11 is 0. The van der Waals surface area contributed by atoms with Gasteiger partial charge in [-0.25, -0.2) is 0 Å². The van der Waals surface area contributed by atoms with Crippen LogP contribution in [0.25, 0.3) is 11.1 Å². The Morgan fingerprint density at radius 2 is 1.30 bits per heavy atom. The van der Waals surface area contributed by atoms with Crippen LogP contribution in [0.3, 0.4) is 0 Å². The molecule has 0 fully saturated rings. The molecule has 0 heteroatoms. The first-order valence-corrected chi connectivity index (χ1v) is 21.3.